The van der Waals surface area contributed by atoms with Gasteiger partial charge in [-0.2, -0.15) is 5.10 Å². The van der Waals surface area contributed by atoms with Crippen molar-refractivity contribution in [2.24, 2.45) is 0 Å². The summed E-state index contributed by atoms with van der Waals surface area (Å²) in [5.74, 6) is -0.209. The van der Waals surface area contributed by atoms with E-state index in [9.17, 15) is 9.18 Å². The van der Waals surface area contributed by atoms with Gasteiger partial charge in [0.05, 0.1) is 16.3 Å². The molecular formula is C18H19FN4OS. The number of piperazine rings is 1. The Morgan fingerprint density at radius 3 is 2.84 bits per heavy atom. The molecule has 5 nitrogen and oxygen atoms in total. The summed E-state index contributed by atoms with van der Waals surface area (Å²) in [5, 5.41) is 8.82. The molecule has 1 aromatic carbocycles. The summed E-state index contributed by atoms with van der Waals surface area (Å²) < 4.78 is 15.0. The van der Waals surface area contributed by atoms with E-state index in [0.717, 1.165) is 46.1 Å². The quantitative estimate of drug-likeness (QED) is 0.766. The van der Waals surface area contributed by atoms with Gasteiger partial charge in [-0.05, 0) is 44.2 Å². The first-order valence-corrected chi connectivity index (χ1v) is 9.13. The molecule has 1 fully saturated rings. The molecule has 3 aromatic rings. The van der Waals surface area contributed by atoms with E-state index in [-0.39, 0.29) is 17.8 Å². The lowest BCUT2D eigenvalue weighted by atomic mass is 10.2. The van der Waals surface area contributed by atoms with Crippen LogP contribution in [0.25, 0.3) is 15.9 Å². The summed E-state index contributed by atoms with van der Waals surface area (Å²) >= 11 is 1.44. The number of amides is 1. The van der Waals surface area contributed by atoms with Gasteiger partial charge in [0.15, 0.2) is 0 Å². The Balaban J connectivity index is 1.74. The minimum atomic E-state index is -0.279. The third kappa shape index (κ3) is 2.83. The number of hydrogen-bond donors (Lipinski definition) is 1. The van der Waals surface area contributed by atoms with Gasteiger partial charge in [0, 0.05) is 31.1 Å². The van der Waals surface area contributed by atoms with E-state index in [2.05, 4.69) is 17.3 Å². The number of thiophene rings is 1. The smallest absolute Gasteiger partial charge is 0.264 e. The Bertz CT molecular complexity index is 931. The van der Waals surface area contributed by atoms with E-state index in [1.54, 1.807) is 16.8 Å². The van der Waals surface area contributed by atoms with Crippen LogP contribution in [0, 0.1) is 12.7 Å². The summed E-state index contributed by atoms with van der Waals surface area (Å²) in [6, 6.07) is 8.34. The summed E-state index contributed by atoms with van der Waals surface area (Å²) in [6.07, 6.45) is 0. The number of aryl methyl sites for hydroxylation is 1. The number of fused-ring (bicyclic) bond motifs is 1. The van der Waals surface area contributed by atoms with Gasteiger partial charge < -0.3 is 10.2 Å². The molecule has 25 heavy (non-hydrogen) atoms. The van der Waals surface area contributed by atoms with E-state index in [1.807, 2.05) is 17.9 Å². The number of benzene rings is 1. The van der Waals surface area contributed by atoms with Crippen LogP contribution in [0.3, 0.4) is 0 Å². The zero-order valence-electron chi connectivity index (χ0n) is 14.1. The Labute approximate surface area is 149 Å². The Kier molecular flexibility index (Phi) is 4.05. The lowest BCUT2D eigenvalue weighted by molar-refractivity contribution is 0.0661. The van der Waals surface area contributed by atoms with Crippen LogP contribution >= 0.6 is 11.3 Å². The summed E-state index contributed by atoms with van der Waals surface area (Å²) in [7, 11) is 0. The van der Waals surface area contributed by atoms with Gasteiger partial charge in [-0.15, -0.1) is 11.3 Å². The van der Waals surface area contributed by atoms with Crippen molar-refractivity contribution >= 4 is 27.5 Å². The van der Waals surface area contributed by atoms with Crippen molar-refractivity contribution in [2.45, 2.75) is 19.9 Å². The summed E-state index contributed by atoms with van der Waals surface area (Å²) in [5.41, 5.74) is 1.65. The lowest BCUT2D eigenvalue weighted by Crippen LogP contribution is -2.52. The zero-order chi connectivity index (χ0) is 17.6. The number of nitrogens with one attached hydrogen (secondary N) is 1. The highest BCUT2D eigenvalue weighted by Gasteiger charge is 2.26. The molecule has 1 amide bonds. The Hall–Kier alpha value is -2.25. The average Bonchev–Trinajstić information content (AvgIpc) is 3.17. The third-order valence-electron chi connectivity index (χ3n) is 4.59. The van der Waals surface area contributed by atoms with Gasteiger partial charge in [0.1, 0.15) is 10.6 Å². The molecule has 3 heterocycles. The lowest BCUT2D eigenvalue weighted by Gasteiger charge is -2.33. The largest absolute Gasteiger partial charge is 0.333 e. The Morgan fingerprint density at radius 1 is 1.36 bits per heavy atom. The first-order chi connectivity index (χ1) is 12.0. The maximum Gasteiger partial charge on any atom is 0.264 e. The number of hydrogen-bond acceptors (Lipinski definition) is 4. The van der Waals surface area contributed by atoms with Crippen molar-refractivity contribution in [2.75, 3.05) is 19.6 Å². The molecule has 1 aliphatic heterocycles. The van der Waals surface area contributed by atoms with E-state index in [0.29, 0.717) is 0 Å². The van der Waals surface area contributed by atoms with Crippen LogP contribution in [0.1, 0.15) is 22.3 Å². The van der Waals surface area contributed by atoms with Crippen molar-refractivity contribution in [1.82, 2.24) is 20.0 Å². The van der Waals surface area contributed by atoms with Gasteiger partial charge in [-0.1, -0.05) is 0 Å². The van der Waals surface area contributed by atoms with Crippen LogP contribution in [0.15, 0.2) is 30.3 Å². The number of carbonyl (C=O) groups excluding carboxylic acids is 1. The van der Waals surface area contributed by atoms with Crippen LogP contribution in [-0.4, -0.2) is 46.3 Å². The predicted molar refractivity (Wildman–Crippen MR) is 97.0 cm³/mol. The van der Waals surface area contributed by atoms with Crippen LogP contribution < -0.4 is 5.32 Å². The maximum absolute atomic E-state index is 13.2. The molecule has 1 saturated heterocycles. The van der Waals surface area contributed by atoms with Crippen LogP contribution in [0.4, 0.5) is 4.39 Å². The molecule has 4 rings (SSSR count). The topological polar surface area (TPSA) is 50.2 Å². The fourth-order valence-corrected chi connectivity index (χ4v) is 4.33. The first kappa shape index (κ1) is 16.2. The molecule has 0 radical (unpaired) electrons. The second kappa shape index (κ2) is 6.24. The van der Waals surface area contributed by atoms with Crippen LogP contribution in [-0.2, 0) is 0 Å². The number of carbonyl (C=O) groups is 1. The fourth-order valence-electron chi connectivity index (χ4n) is 3.19. The third-order valence-corrected chi connectivity index (χ3v) is 5.69. The number of aromatic nitrogens is 2. The second-order valence-electron chi connectivity index (χ2n) is 6.35. The minimum Gasteiger partial charge on any atom is -0.333 e. The van der Waals surface area contributed by atoms with Crippen molar-refractivity contribution in [3.05, 3.63) is 46.7 Å². The highest BCUT2D eigenvalue weighted by atomic mass is 32.1. The number of nitrogens with zero attached hydrogens (tertiary/aromatic N) is 3. The zero-order valence-corrected chi connectivity index (χ0v) is 14.9. The monoisotopic (exact) mass is 358 g/mol. The van der Waals surface area contributed by atoms with Crippen molar-refractivity contribution in [3.63, 3.8) is 0 Å². The van der Waals surface area contributed by atoms with Gasteiger partial charge in [-0.3, -0.25) is 4.79 Å². The number of rotatable bonds is 2. The molecular weight excluding hydrogens is 339 g/mol. The predicted octanol–water partition coefficient (Wildman–Crippen LogP) is 2.97. The van der Waals surface area contributed by atoms with E-state index in [4.69, 9.17) is 0 Å². The molecule has 1 aliphatic rings. The van der Waals surface area contributed by atoms with Gasteiger partial charge in [0.2, 0.25) is 0 Å². The second-order valence-corrected chi connectivity index (χ2v) is 7.39. The maximum atomic E-state index is 13.2. The van der Waals surface area contributed by atoms with Crippen molar-refractivity contribution in [3.8, 4) is 5.69 Å². The minimum absolute atomic E-state index is 0.0697. The number of halogens is 1. The average molecular weight is 358 g/mol. The summed E-state index contributed by atoms with van der Waals surface area (Å²) in [6.45, 7) is 6.35. The molecule has 1 N–H and O–H groups in total. The standard InChI is InChI=1S/C18H19FN4OS/c1-11-10-20-7-8-22(11)17(24)16-9-15-12(2)21-23(18(15)25-16)14-5-3-13(19)4-6-14/h3-6,9,11,20H,7-8,10H2,1-2H3. The van der Waals surface area contributed by atoms with Crippen LogP contribution in [0.2, 0.25) is 0 Å². The van der Waals surface area contributed by atoms with Gasteiger partial charge >= 0.3 is 0 Å². The normalized spacial score (nSPS) is 18.0. The van der Waals surface area contributed by atoms with E-state index < -0.39 is 0 Å². The van der Waals surface area contributed by atoms with Gasteiger partial charge in [0.25, 0.3) is 5.91 Å². The first-order valence-electron chi connectivity index (χ1n) is 8.31. The molecule has 2 aromatic heterocycles. The van der Waals surface area contributed by atoms with Crippen molar-refractivity contribution < 1.29 is 9.18 Å². The molecule has 0 spiro atoms. The molecule has 1 atom stereocenters. The van der Waals surface area contributed by atoms with Gasteiger partial charge in [-0.25, -0.2) is 9.07 Å². The molecule has 0 bridgehead atoms. The molecule has 0 saturated carbocycles. The molecule has 7 heteroatoms. The fraction of sp³-hybridized carbons (Fsp3) is 0.333. The van der Waals surface area contributed by atoms with Crippen LogP contribution in [0.5, 0.6) is 0 Å². The summed E-state index contributed by atoms with van der Waals surface area (Å²) in [4.78, 5) is 16.5. The van der Waals surface area contributed by atoms with E-state index in [1.165, 1.54) is 23.5 Å². The SMILES string of the molecule is Cc1nn(-c2ccc(F)cc2)c2sc(C(=O)N3CCNCC3C)cc12. The highest BCUT2D eigenvalue weighted by Crippen LogP contribution is 2.31. The molecule has 0 aliphatic carbocycles. The Morgan fingerprint density at radius 2 is 2.12 bits per heavy atom. The molecule has 130 valence electrons. The highest BCUT2D eigenvalue weighted by molar-refractivity contribution is 7.20. The van der Waals surface area contributed by atoms with E-state index >= 15 is 0 Å². The van der Waals surface area contributed by atoms with Crippen molar-refractivity contribution in [1.29, 1.82) is 0 Å². The molecule has 1 unspecified atom stereocenters.